The van der Waals surface area contributed by atoms with Crippen molar-refractivity contribution >= 4 is 0 Å². The number of hydrogen-bond acceptors (Lipinski definition) is 4. The van der Waals surface area contributed by atoms with Crippen LogP contribution in [-0.2, 0) is 13.6 Å². The Labute approximate surface area is 94.5 Å². The maximum atomic E-state index is 5.54. The summed E-state index contributed by atoms with van der Waals surface area (Å²) in [6.45, 7) is 4.70. The number of aromatic nitrogens is 3. The zero-order valence-electron chi connectivity index (χ0n) is 9.77. The third-order valence-electron chi connectivity index (χ3n) is 2.43. The molecule has 5 nitrogen and oxygen atoms in total. The van der Waals surface area contributed by atoms with Crippen LogP contribution in [0.1, 0.15) is 30.2 Å². The lowest BCUT2D eigenvalue weighted by Gasteiger charge is -2.09. The van der Waals surface area contributed by atoms with E-state index in [0.29, 0.717) is 6.54 Å². The van der Waals surface area contributed by atoms with Crippen molar-refractivity contribution in [3.05, 3.63) is 35.5 Å². The Morgan fingerprint density at radius 2 is 2.31 bits per heavy atom. The maximum Gasteiger partial charge on any atom is 0.120 e. The first-order valence-electron chi connectivity index (χ1n) is 5.30. The molecule has 5 heteroatoms. The summed E-state index contributed by atoms with van der Waals surface area (Å²) in [4.78, 5) is 0. The second kappa shape index (κ2) is 4.49. The van der Waals surface area contributed by atoms with Gasteiger partial charge < -0.3 is 9.73 Å². The molecule has 0 saturated carbocycles. The van der Waals surface area contributed by atoms with Crippen molar-refractivity contribution in [2.24, 2.45) is 7.05 Å². The topological polar surface area (TPSA) is 55.9 Å². The van der Waals surface area contributed by atoms with Crippen LogP contribution in [0.3, 0.4) is 0 Å². The fourth-order valence-corrected chi connectivity index (χ4v) is 1.52. The lowest BCUT2D eigenvalue weighted by Crippen LogP contribution is -2.17. The first-order chi connectivity index (χ1) is 7.65. The van der Waals surface area contributed by atoms with E-state index in [1.54, 1.807) is 4.68 Å². The van der Waals surface area contributed by atoms with Gasteiger partial charge in [-0.1, -0.05) is 5.21 Å². The smallest absolute Gasteiger partial charge is 0.120 e. The van der Waals surface area contributed by atoms with Crippen LogP contribution in [0.4, 0.5) is 0 Å². The Morgan fingerprint density at radius 1 is 1.50 bits per heavy atom. The molecule has 0 amide bonds. The molecule has 86 valence electrons. The predicted molar refractivity (Wildman–Crippen MR) is 59.7 cm³/mol. The van der Waals surface area contributed by atoms with Crippen LogP contribution in [0, 0.1) is 6.92 Å². The van der Waals surface area contributed by atoms with Gasteiger partial charge in [-0.25, -0.2) is 0 Å². The number of furan rings is 1. The van der Waals surface area contributed by atoms with Crippen molar-refractivity contribution in [1.29, 1.82) is 0 Å². The number of rotatable bonds is 4. The first-order valence-corrected chi connectivity index (χ1v) is 5.30. The molecule has 0 fully saturated rings. The number of hydrogen-bond donors (Lipinski definition) is 1. The SMILES string of the molecule is Cc1ccc(C(C)NCc2cn(C)nn2)o1. The molecule has 0 radical (unpaired) electrons. The highest BCUT2D eigenvalue weighted by atomic mass is 16.3. The van der Waals surface area contributed by atoms with Gasteiger partial charge in [0.25, 0.3) is 0 Å². The van der Waals surface area contributed by atoms with Crippen LogP contribution >= 0.6 is 0 Å². The molecule has 0 aliphatic carbocycles. The van der Waals surface area contributed by atoms with Gasteiger partial charge in [0.15, 0.2) is 0 Å². The van der Waals surface area contributed by atoms with Crippen molar-refractivity contribution in [3.63, 3.8) is 0 Å². The number of aryl methyl sites for hydroxylation is 2. The highest BCUT2D eigenvalue weighted by Crippen LogP contribution is 2.15. The van der Waals surface area contributed by atoms with Crippen LogP contribution in [0.15, 0.2) is 22.7 Å². The molecule has 0 saturated heterocycles. The van der Waals surface area contributed by atoms with Gasteiger partial charge in [0, 0.05) is 19.8 Å². The quantitative estimate of drug-likeness (QED) is 0.849. The minimum atomic E-state index is 0.177. The largest absolute Gasteiger partial charge is 0.465 e. The number of nitrogens with one attached hydrogen (secondary N) is 1. The van der Waals surface area contributed by atoms with Gasteiger partial charge in [-0.3, -0.25) is 4.68 Å². The Hall–Kier alpha value is -1.62. The molecule has 1 atom stereocenters. The average Bonchev–Trinajstić information content (AvgIpc) is 2.84. The molecule has 0 bridgehead atoms. The number of nitrogens with zero attached hydrogens (tertiary/aromatic N) is 3. The lowest BCUT2D eigenvalue weighted by atomic mass is 10.2. The average molecular weight is 220 g/mol. The highest BCUT2D eigenvalue weighted by Gasteiger charge is 2.09. The van der Waals surface area contributed by atoms with Gasteiger partial charge >= 0.3 is 0 Å². The van der Waals surface area contributed by atoms with Crippen molar-refractivity contribution in [2.75, 3.05) is 0 Å². The molecule has 1 unspecified atom stereocenters. The van der Waals surface area contributed by atoms with E-state index in [1.807, 2.05) is 32.3 Å². The van der Waals surface area contributed by atoms with E-state index in [2.05, 4.69) is 22.6 Å². The van der Waals surface area contributed by atoms with Gasteiger partial charge in [-0.05, 0) is 26.0 Å². The molecule has 16 heavy (non-hydrogen) atoms. The molecule has 0 aliphatic rings. The van der Waals surface area contributed by atoms with Crippen LogP contribution in [0.5, 0.6) is 0 Å². The minimum Gasteiger partial charge on any atom is -0.465 e. The fourth-order valence-electron chi connectivity index (χ4n) is 1.52. The third-order valence-corrected chi connectivity index (χ3v) is 2.43. The van der Waals surface area contributed by atoms with Gasteiger partial charge in [-0.15, -0.1) is 5.10 Å². The Kier molecular flexibility index (Phi) is 3.05. The van der Waals surface area contributed by atoms with Gasteiger partial charge in [0.2, 0.25) is 0 Å². The van der Waals surface area contributed by atoms with E-state index in [-0.39, 0.29) is 6.04 Å². The second-order valence-electron chi connectivity index (χ2n) is 3.93. The van der Waals surface area contributed by atoms with Crippen molar-refractivity contribution in [1.82, 2.24) is 20.3 Å². The minimum absolute atomic E-state index is 0.177. The zero-order chi connectivity index (χ0) is 11.5. The zero-order valence-corrected chi connectivity index (χ0v) is 9.77. The summed E-state index contributed by atoms with van der Waals surface area (Å²) in [5.41, 5.74) is 0.928. The standard InChI is InChI=1S/C11H16N4O/c1-8-4-5-11(16-8)9(2)12-6-10-7-15(3)14-13-10/h4-5,7,9,12H,6H2,1-3H3. The predicted octanol–water partition coefficient (Wildman–Crippen LogP) is 1.57. The second-order valence-corrected chi connectivity index (χ2v) is 3.93. The Bertz CT molecular complexity index is 460. The summed E-state index contributed by atoms with van der Waals surface area (Å²) < 4.78 is 7.23. The molecular formula is C11H16N4O. The Morgan fingerprint density at radius 3 is 2.88 bits per heavy atom. The van der Waals surface area contributed by atoms with Crippen LogP contribution in [-0.4, -0.2) is 15.0 Å². The molecule has 2 aromatic rings. The summed E-state index contributed by atoms with van der Waals surface area (Å²) >= 11 is 0. The summed E-state index contributed by atoms with van der Waals surface area (Å²) in [7, 11) is 1.86. The molecule has 0 aromatic carbocycles. The molecule has 2 aromatic heterocycles. The molecule has 0 aliphatic heterocycles. The molecule has 2 heterocycles. The van der Waals surface area contributed by atoms with Crippen LogP contribution in [0.2, 0.25) is 0 Å². The van der Waals surface area contributed by atoms with Crippen molar-refractivity contribution in [2.45, 2.75) is 26.4 Å². The lowest BCUT2D eigenvalue weighted by molar-refractivity contribution is 0.414. The summed E-state index contributed by atoms with van der Waals surface area (Å²) in [6.07, 6.45) is 1.90. The normalized spacial score (nSPS) is 12.9. The molecular weight excluding hydrogens is 204 g/mol. The van der Waals surface area contributed by atoms with E-state index in [9.17, 15) is 0 Å². The van der Waals surface area contributed by atoms with E-state index in [4.69, 9.17) is 4.42 Å². The van der Waals surface area contributed by atoms with E-state index in [0.717, 1.165) is 17.2 Å². The van der Waals surface area contributed by atoms with Gasteiger partial charge in [0.1, 0.15) is 11.5 Å². The molecule has 2 rings (SSSR count). The summed E-state index contributed by atoms with van der Waals surface area (Å²) in [5.74, 6) is 1.88. The van der Waals surface area contributed by atoms with Gasteiger partial charge in [0.05, 0.1) is 11.7 Å². The Balaban J connectivity index is 1.91. The van der Waals surface area contributed by atoms with Crippen LogP contribution < -0.4 is 5.32 Å². The molecule has 0 spiro atoms. The monoisotopic (exact) mass is 220 g/mol. The van der Waals surface area contributed by atoms with E-state index < -0.39 is 0 Å². The third kappa shape index (κ3) is 2.49. The fraction of sp³-hybridized carbons (Fsp3) is 0.455. The maximum absolute atomic E-state index is 5.54. The summed E-state index contributed by atoms with van der Waals surface area (Å²) in [6, 6.07) is 4.13. The van der Waals surface area contributed by atoms with Crippen molar-refractivity contribution < 1.29 is 4.42 Å². The molecule has 1 N–H and O–H groups in total. The highest BCUT2D eigenvalue weighted by molar-refractivity contribution is 5.09. The first kappa shape index (κ1) is 10.9. The van der Waals surface area contributed by atoms with Crippen molar-refractivity contribution in [3.8, 4) is 0 Å². The summed E-state index contributed by atoms with van der Waals surface area (Å²) in [5, 5.41) is 11.2. The van der Waals surface area contributed by atoms with E-state index >= 15 is 0 Å². The van der Waals surface area contributed by atoms with Gasteiger partial charge in [-0.2, -0.15) is 0 Å². The van der Waals surface area contributed by atoms with Crippen LogP contribution in [0.25, 0.3) is 0 Å². The van der Waals surface area contributed by atoms with E-state index in [1.165, 1.54) is 0 Å².